The number of thiazole rings is 1. The molecule has 2 saturated heterocycles. The predicted molar refractivity (Wildman–Crippen MR) is 75.2 cm³/mol. The van der Waals surface area contributed by atoms with Gasteiger partial charge in [-0.1, -0.05) is 11.3 Å². The Morgan fingerprint density at radius 1 is 1.37 bits per heavy atom. The molecule has 104 valence electrons. The highest BCUT2D eigenvalue weighted by molar-refractivity contribution is 7.17. The molecule has 3 rings (SSSR count). The van der Waals surface area contributed by atoms with E-state index in [2.05, 4.69) is 14.8 Å². The van der Waals surface area contributed by atoms with Gasteiger partial charge in [0, 0.05) is 32.2 Å². The van der Waals surface area contributed by atoms with E-state index in [1.807, 2.05) is 6.92 Å². The molecule has 1 atom stereocenters. The van der Waals surface area contributed by atoms with Gasteiger partial charge < -0.3 is 9.64 Å². The molecule has 2 aliphatic rings. The Morgan fingerprint density at radius 3 is 2.84 bits per heavy atom. The molecule has 0 spiro atoms. The Hall–Kier alpha value is -0.980. The molecule has 1 aromatic rings. The molecular weight excluding hydrogens is 262 g/mol. The second-order valence-electron chi connectivity index (χ2n) is 5.10. The van der Waals surface area contributed by atoms with Gasteiger partial charge in [-0.2, -0.15) is 0 Å². The van der Waals surface area contributed by atoms with E-state index < -0.39 is 0 Å². The van der Waals surface area contributed by atoms with Gasteiger partial charge in [-0.15, -0.1) is 0 Å². The molecule has 19 heavy (non-hydrogen) atoms. The van der Waals surface area contributed by atoms with Crippen LogP contribution in [0.3, 0.4) is 0 Å². The zero-order chi connectivity index (χ0) is 13.2. The van der Waals surface area contributed by atoms with Gasteiger partial charge in [0.15, 0.2) is 11.4 Å². The van der Waals surface area contributed by atoms with Crippen molar-refractivity contribution in [2.45, 2.75) is 19.4 Å². The number of aromatic nitrogens is 1. The Morgan fingerprint density at radius 2 is 2.16 bits per heavy atom. The van der Waals surface area contributed by atoms with Crippen molar-refractivity contribution in [2.75, 3.05) is 44.3 Å². The Kier molecular flexibility index (Phi) is 3.81. The molecule has 2 aliphatic heterocycles. The van der Waals surface area contributed by atoms with Gasteiger partial charge in [-0.3, -0.25) is 9.69 Å². The van der Waals surface area contributed by atoms with E-state index in [1.165, 1.54) is 17.8 Å². The van der Waals surface area contributed by atoms with Gasteiger partial charge >= 0.3 is 0 Å². The van der Waals surface area contributed by atoms with Gasteiger partial charge in [0.1, 0.15) is 0 Å². The zero-order valence-corrected chi connectivity index (χ0v) is 12.0. The minimum atomic E-state index is 0.604. The third-order valence-electron chi connectivity index (χ3n) is 3.92. The molecule has 5 nitrogen and oxygen atoms in total. The van der Waals surface area contributed by atoms with Crippen molar-refractivity contribution in [3.63, 3.8) is 0 Å². The van der Waals surface area contributed by atoms with Crippen molar-refractivity contribution in [2.24, 2.45) is 0 Å². The predicted octanol–water partition coefficient (Wildman–Crippen LogP) is 1.17. The summed E-state index contributed by atoms with van der Waals surface area (Å²) in [5.74, 6) is 0. The Labute approximate surface area is 117 Å². The average Bonchev–Trinajstić information content (AvgIpc) is 3.06. The summed E-state index contributed by atoms with van der Waals surface area (Å²) in [6.07, 6.45) is 2.08. The van der Waals surface area contributed by atoms with Crippen LogP contribution >= 0.6 is 11.3 Å². The fourth-order valence-corrected chi connectivity index (χ4v) is 3.71. The molecule has 2 fully saturated rings. The summed E-state index contributed by atoms with van der Waals surface area (Å²) in [6, 6.07) is 0.604. The van der Waals surface area contributed by atoms with Crippen LogP contribution in [-0.4, -0.2) is 61.6 Å². The van der Waals surface area contributed by atoms with Crippen LogP contribution in [0.25, 0.3) is 0 Å². The van der Waals surface area contributed by atoms with Gasteiger partial charge in [-0.25, -0.2) is 4.98 Å². The number of rotatable bonds is 3. The third kappa shape index (κ3) is 2.66. The molecule has 1 unspecified atom stereocenters. The molecule has 0 bridgehead atoms. The highest BCUT2D eigenvalue weighted by Gasteiger charge is 2.30. The number of ether oxygens (including phenoxy) is 1. The molecule has 0 aliphatic carbocycles. The largest absolute Gasteiger partial charge is 0.379 e. The number of hydrogen-bond acceptors (Lipinski definition) is 6. The van der Waals surface area contributed by atoms with Crippen LogP contribution in [0.1, 0.15) is 21.8 Å². The first kappa shape index (κ1) is 13.0. The SMILES string of the molecule is Cc1nc(N2CCC(N3CCOCC3)C2)sc1C=O. The summed E-state index contributed by atoms with van der Waals surface area (Å²) < 4.78 is 5.40. The molecule has 1 aromatic heterocycles. The van der Waals surface area contributed by atoms with Gasteiger partial charge in [-0.05, 0) is 13.3 Å². The maximum Gasteiger partial charge on any atom is 0.186 e. The highest BCUT2D eigenvalue weighted by Crippen LogP contribution is 2.29. The van der Waals surface area contributed by atoms with Crippen LogP contribution in [0.15, 0.2) is 0 Å². The van der Waals surface area contributed by atoms with Crippen LogP contribution in [0.4, 0.5) is 5.13 Å². The number of aryl methyl sites for hydroxylation is 1. The van der Waals surface area contributed by atoms with E-state index in [0.717, 1.165) is 61.4 Å². The van der Waals surface area contributed by atoms with E-state index in [-0.39, 0.29) is 0 Å². The number of nitrogens with zero attached hydrogens (tertiary/aromatic N) is 3. The third-order valence-corrected chi connectivity index (χ3v) is 5.07. The second kappa shape index (κ2) is 5.56. The summed E-state index contributed by atoms with van der Waals surface area (Å²) in [6.45, 7) is 7.73. The number of carbonyl (C=O) groups is 1. The molecule has 0 amide bonds. The monoisotopic (exact) mass is 281 g/mol. The average molecular weight is 281 g/mol. The van der Waals surface area contributed by atoms with Crippen molar-refractivity contribution in [3.05, 3.63) is 10.6 Å². The smallest absolute Gasteiger partial charge is 0.186 e. The fourth-order valence-electron chi connectivity index (χ4n) is 2.79. The molecule has 0 N–H and O–H groups in total. The van der Waals surface area contributed by atoms with Crippen molar-refractivity contribution < 1.29 is 9.53 Å². The minimum absolute atomic E-state index is 0.604. The Balaban J connectivity index is 1.65. The number of morpholine rings is 1. The first-order valence-electron chi connectivity index (χ1n) is 6.77. The lowest BCUT2D eigenvalue weighted by atomic mass is 10.2. The molecule has 3 heterocycles. The summed E-state index contributed by atoms with van der Waals surface area (Å²) in [4.78, 5) is 21.0. The first-order valence-corrected chi connectivity index (χ1v) is 7.59. The summed E-state index contributed by atoms with van der Waals surface area (Å²) >= 11 is 1.51. The first-order chi connectivity index (χ1) is 9.28. The maximum atomic E-state index is 10.9. The lowest BCUT2D eigenvalue weighted by Gasteiger charge is -2.32. The molecule has 0 aromatic carbocycles. The topological polar surface area (TPSA) is 45.7 Å². The zero-order valence-electron chi connectivity index (χ0n) is 11.2. The van der Waals surface area contributed by atoms with Crippen molar-refractivity contribution >= 4 is 22.8 Å². The van der Waals surface area contributed by atoms with Gasteiger partial charge in [0.05, 0.1) is 23.8 Å². The quantitative estimate of drug-likeness (QED) is 0.778. The van der Waals surface area contributed by atoms with Crippen molar-refractivity contribution in [1.29, 1.82) is 0 Å². The van der Waals surface area contributed by atoms with E-state index >= 15 is 0 Å². The number of aldehydes is 1. The normalized spacial score (nSPS) is 24.9. The lowest BCUT2D eigenvalue weighted by Crippen LogP contribution is -2.44. The summed E-state index contributed by atoms with van der Waals surface area (Å²) in [5.41, 5.74) is 0.852. The molecule has 0 saturated carbocycles. The van der Waals surface area contributed by atoms with Gasteiger partial charge in [0.25, 0.3) is 0 Å². The van der Waals surface area contributed by atoms with Crippen LogP contribution < -0.4 is 4.90 Å². The number of carbonyl (C=O) groups excluding carboxylic acids is 1. The van der Waals surface area contributed by atoms with Crippen LogP contribution in [0.5, 0.6) is 0 Å². The van der Waals surface area contributed by atoms with E-state index in [9.17, 15) is 4.79 Å². The fraction of sp³-hybridized carbons (Fsp3) is 0.692. The second-order valence-corrected chi connectivity index (χ2v) is 6.11. The summed E-state index contributed by atoms with van der Waals surface area (Å²) in [5, 5.41) is 0.996. The lowest BCUT2D eigenvalue weighted by molar-refractivity contribution is 0.0209. The van der Waals surface area contributed by atoms with E-state index in [0.29, 0.717) is 6.04 Å². The van der Waals surface area contributed by atoms with E-state index in [1.54, 1.807) is 0 Å². The summed E-state index contributed by atoms with van der Waals surface area (Å²) in [7, 11) is 0. The van der Waals surface area contributed by atoms with Crippen molar-refractivity contribution in [1.82, 2.24) is 9.88 Å². The van der Waals surface area contributed by atoms with Crippen LogP contribution in [-0.2, 0) is 4.74 Å². The Bertz CT molecular complexity index is 457. The standard InChI is InChI=1S/C13H19N3O2S/c1-10-12(9-17)19-13(14-10)16-3-2-11(8-16)15-4-6-18-7-5-15/h9,11H,2-8H2,1H3. The maximum absolute atomic E-state index is 10.9. The number of hydrogen-bond donors (Lipinski definition) is 0. The van der Waals surface area contributed by atoms with Crippen molar-refractivity contribution in [3.8, 4) is 0 Å². The minimum Gasteiger partial charge on any atom is -0.379 e. The number of anilines is 1. The van der Waals surface area contributed by atoms with Crippen LogP contribution in [0.2, 0.25) is 0 Å². The van der Waals surface area contributed by atoms with Gasteiger partial charge in [0.2, 0.25) is 0 Å². The molecule has 0 radical (unpaired) electrons. The molecular formula is C13H19N3O2S. The highest BCUT2D eigenvalue weighted by atomic mass is 32.1. The molecule has 6 heteroatoms. The van der Waals surface area contributed by atoms with Crippen LogP contribution in [0, 0.1) is 6.92 Å². The van der Waals surface area contributed by atoms with E-state index in [4.69, 9.17) is 4.74 Å².